The molecule has 1 aromatic heterocycles. The zero-order valence-electron chi connectivity index (χ0n) is 9.65. The van der Waals surface area contributed by atoms with Gasteiger partial charge in [0, 0.05) is 17.8 Å². The van der Waals surface area contributed by atoms with E-state index in [1.54, 1.807) is 0 Å². The number of hydrogen-bond donors (Lipinski definition) is 1. The van der Waals surface area contributed by atoms with Gasteiger partial charge in [-0.05, 0) is 43.9 Å². The van der Waals surface area contributed by atoms with E-state index in [9.17, 15) is 0 Å². The first-order valence-corrected chi connectivity index (χ1v) is 6.21. The Hall–Kier alpha value is -1.71. The topological polar surface area (TPSA) is 55.3 Å². The van der Waals surface area contributed by atoms with Crippen LogP contribution in [0.1, 0.15) is 25.7 Å². The molecule has 2 aromatic rings. The van der Waals surface area contributed by atoms with Crippen molar-refractivity contribution in [3.05, 3.63) is 18.2 Å². The number of aromatic nitrogens is 1. The van der Waals surface area contributed by atoms with Crippen LogP contribution in [0.2, 0.25) is 0 Å². The van der Waals surface area contributed by atoms with Crippen molar-refractivity contribution in [2.45, 2.75) is 31.2 Å². The summed E-state index contributed by atoms with van der Waals surface area (Å²) in [5, 5.41) is 0. The molecule has 1 aliphatic heterocycles. The Bertz CT molecular complexity index is 580. The van der Waals surface area contributed by atoms with Crippen molar-refractivity contribution < 1.29 is 4.42 Å². The Kier molecular flexibility index (Phi) is 1.62. The molecule has 1 aliphatic carbocycles. The molecule has 2 heterocycles. The molecule has 2 N–H and O–H groups in total. The van der Waals surface area contributed by atoms with E-state index in [0.717, 1.165) is 29.3 Å². The molecule has 1 saturated heterocycles. The highest BCUT2D eigenvalue weighted by molar-refractivity contribution is 5.78. The van der Waals surface area contributed by atoms with Crippen molar-refractivity contribution in [2.75, 3.05) is 17.2 Å². The van der Waals surface area contributed by atoms with Crippen LogP contribution in [0.15, 0.2) is 22.6 Å². The first-order chi connectivity index (χ1) is 8.27. The van der Waals surface area contributed by atoms with Gasteiger partial charge in [0.05, 0.1) is 0 Å². The molecular formula is C13H15N3O. The van der Waals surface area contributed by atoms with Crippen molar-refractivity contribution in [2.24, 2.45) is 0 Å². The molecule has 0 bridgehead atoms. The standard InChI is InChI=1S/C13H15N3O/c14-9-2-3-11-10(8-9)15-12(17-11)16-7-6-13(16)4-1-5-13/h2-3,8H,1,4-7,14H2. The van der Waals surface area contributed by atoms with Gasteiger partial charge < -0.3 is 15.1 Å². The minimum absolute atomic E-state index is 0.381. The average molecular weight is 229 g/mol. The molecule has 4 heteroatoms. The van der Waals surface area contributed by atoms with Gasteiger partial charge in [0.25, 0.3) is 6.01 Å². The zero-order chi connectivity index (χ0) is 11.5. The van der Waals surface area contributed by atoms with Crippen LogP contribution in [0, 0.1) is 0 Å². The third-order valence-electron chi connectivity index (χ3n) is 4.29. The van der Waals surface area contributed by atoms with Crippen molar-refractivity contribution >= 4 is 22.8 Å². The summed E-state index contributed by atoms with van der Waals surface area (Å²) in [6.45, 7) is 1.07. The molecule has 1 spiro atoms. The number of fused-ring (bicyclic) bond motifs is 1. The lowest BCUT2D eigenvalue weighted by atomic mass is 9.68. The van der Waals surface area contributed by atoms with E-state index < -0.39 is 0 Å². The maximum Gasteiger partial charge on any atom is 0.298 e. The number of oxazole rings is 1. The molecule has 1 aromatic carbocycles. The van der Waals surface area contributed by atoms with Crippen molar-refractivity contribution in [1.29, 1.82) is 0 Å². The van der Waals surface area contributed by atoms with Crippen LogP contribution in [-0.2, 0) is 0 Å². The second-order valence-electron chi connectivity index (χ2n) is 5.20. The van der Waals surface area contributed by atoms with E-state index in [4.69, 9.17) is 10.2 Å². The van der Waals surface area contributed by atoms with Crippen LogP contribution in [0.4, 0.5) is 11.7 Å². The molecule has 17 heavy (non-hydrogen) atoms. The maximum absolute atomic E-state index is 5.82. The lowest BCUT2D eigenvalue weighted by Gasteiger charge is -2.57. The van der Waals surface area contributed by atoms with Gasteiger partial charge in [0.15, 0.2) is 5.58 Å². The molecule has 0 unspecified atom stereocenters. The number of rotatable bonds is 1. The van der Waals surface area contributed by atoms with Crippen LogP contribution in [-0.4, -0.2) is 17.1 Å². The van der Waals surface area contributed by atoms with Gasteiger partial charge in [-0.15, -0.1) is 0 Å². The van der Waals surface area contributed by atoms with Gasteiger partial charge in [-0.2, -0.15) is 4.98 Å². The third kappa shape index (κ3) is 1.15. The van der Waals surface area contributed by atoms with Crippen LogP contribution in [0.5, 0.6) is 0 Å². The Morgan fingerprint density at radius 1 is 1.29 bits per heavy atom. The van der Waals surface area contributed by atoms with Crippen LogP contribution in [0.25, 0.3) is 11.1 Å². The van der Waals surface area contributed by atoms with E-state index in [-0.39, 0.29) is 0 Å². The Morgan fingerprint density at radius 3 is 2.82 bits per heavy atom. The lowest BCUT2D eigenvalue weighted by molar-refractivity contribution is 0.142. The van der Waals surface area contributed by atoms with Gasteiger partial charge in [-0.3, -0.25) is 0 Å². The number of anilines is 2. The molecular weight excluding hydrogens is 214 g/mol. The van der Waals surface area contributed by atoms with Crippen molar-refractivity contribution in [1.82, 2.24) is 4.98 Å². The molecule has 4 nitrogen and oxygen atoms in total. The third-order valence-corrected chi connectivity index (χ3v) is 4.29. The monoisotopic (exact) mass is 229 g/mol. The summed E-state index contributed by atoms with van der Waals surface area (Å²) in [6.07, 6.45) is 5.19. The highest BCUT2D eigenvalue weighted by Gasteiger charge is 2.50. The van der Waals surface area contributed by atoms with Crippen molar-refractivity contribution in [3.8, 4) is 0 Å². The molecule has 88 valence electrons. The fourth-order valence-corrected chi connectivity index (χ4v) is 2.99. The van der Waals surface area contributed by atoms with Gasteiger partial charge in [0.1, 0.15) is 5.52 Å². The van der Waals surface area contributed by atoms with Crippen LogP contribution >= 0.6 is 0 Å². The highest BCUT2D eigenvalue weighted by atomic mass is 16.4. The minimum Gasteiger partial charge on any atom is -0.423 e. The molecule has 0 amide bonds. The fraction of sp³-hybridized carbons (Fsp3) is 0.462. The van der Waals surface area contributed by atoms with Crippen LogP contribution < -0.4 is 10.6 Å². The predicted octanol–water partition coefficient (Wildman–Crippen LogP) is 2.54. The summed E-state index contributed by atoms with van der Waals surface area (Å²) in [6, 6.07) is 6.40. The molecule has 2 aliphatic rings. The minimum atomic E-state index is 0.381. The smallest absolute Gasteiger partial charge is 0.298 e. The molecule has 2 fully saturated rings. The van der Waals surface area contributed by atoms with Gasteiger partial charge in [0.2, 0.25) is 0 Å². The summed E-state index contributed by atoms with van der Waals surface area (Å²) in [5.74, 6) is 0. The largest absolute Gasteiger partial charge is 0.423 e. The van der Waals surface area contributed by atoms with Gasteiger partial charge in [-0.25, -0.2) is 0 Å². The summed E-state index contributed by atoms with van der Waals surface area (Å²) in [7, 11) is 0. The van der Waals surface area contributed by atoms with E-state index >= 15 is 0 Å². The van der Waals surface area contributed by atoms with E-state index in [2.05, 4.69) is 9.88 Å². The Labute approximate surface area is 99.4 Å². The summed E-state index contributed by atoms with van der Waals surface area (Å²) in [4.78, 5) is 6.88. The number of nitrogens with zero attached hydrogens (tertiary/aromatic N) is 2. The maximum atomic E-state index is 5.82. The van der Waals surface area contributed by atoms with E-state index in [0.29, 0.717) is 5.54 Å². The SMILES string of the molecule is Nc1ccc2oc(N3CCC34CCC4)nc2c1. The second-order valence-corrected chi connectivity index (χ2v) is 5.20. The first-order valence-electron chi connectivity index (χ1n) is 6.21. The number of benzene rings is 1. The van der Waals surface area contributed by atoms with Crippen LogP contribution in [0.3, 0.4) is 0 Å². The van der Waals surface area contributed by atoms with Gasteiger partial charge >= 0.3 is 0 Å². The Morgan fingerprint density at radius 2 is 2.18 bits per heavy atom. The fourth-order valence-electron chi connectivity index (χ4n) is 2.99. The Balaban J connectivity index is 1.76. The molecule has 4 rings (SSSR count). The molecule has 0 atom stereocenters. The number of nitrogen functional groups attached to an aromatic ring is 1. The van der Waals surface area contributed by atoms with Crippen molar-refractivity contribution in [3.63, 3.8) is 0 Å². The second kappa shape index (κ2) is 2.94. The number of nitrogens with two attached hydrogens (primary N) is 1. The van der Waals surface area contributed by atoms with E-state index in [1.165, 1.54) is 25.7 Å². The lowest BCUT2D eigenvalue weighted by Crippen LogP contribution is -2.64. The van der Waals surface area contributed by atoms with Gasteiger partial charge in [-0.1, -0.05) is 0 Å². The summed E-state index contributed by atoms with van der Waals surface area (Å²) < 4.78 is 5.82. The average Bonchev–Trinajstić information content (AvgIpc) is 2.55. The highest BCUT2D eigenvalue weighted by Crippen LogP contribution is 2.49. The summed E-state index contributed by atoms with van der Waals surface area (Å²) in [5.41, 5.74) is 8.56. The van der Waals surface area contributed by atoms with E-state index in [1.807, 2.05) is 18.2 Å². The normalized spacial score (nSPS) is 21.5. The quantitative estimate of drug-likeness (QED) is 0.763. The number of hydrogen-bond acceptors (Lipinski definition) is 4. The molecule has 1 saturated carbocycles. The predicted molar refractivity (Wildman–Crippen MR) is 67.0 cm³/mol. The molecule has 0 radical (unpaired) electrons. The zero-order valence-corrected chi connectivity index (χ0v) is 9.65. The summed E-state index contributed by atoms with van der Waals surface area (Å²) >= 11 is 0. The first kappa shape index (κ1) is 9.33.